The first kappa shape index (κ1) is 13.6. The van der Waals surface area contributed by atoms with Gasteiger partial charge >= 0.3 is 0 Å². The molecule has 0 amide bonds. The summed E-state index contributed by atoms with van der Waals surface area (Å²) in [6.07, 6.45) is 3.26. The van der Waals surface area contributed by atoms with E-state index in [1.807, 2.05) is 35.1 Å². The summed E-state index contributed by atoms with van der Waals surface area (Å²) < 4.78 is 13.0. The van der Waals surface area contributed by atoms with Crippen LogP contribution in [0.15, 0.2) is 36.7 Å². The van der Waals surface area contributed by atoms with Crippen molar-refractivity contribution >= 4 is 0 Å². The standard InChI is InChI=1S/C16H19N3O3/c20-14(11-18-9-13(10-18)19-5-1-4-17-19)12-2-3-15-16(8-12)22-7-6-21-15/h1-5,8,13-14,20H,6-7,9-11H2. The third-order valence-corrected chi connectivity index (χ3v) is 4.22. The third-order valence-electron chi connectivity index (χ3n) is 4.22. The fourth-order valence-corrected chi connectivity index (χ4v) is 2.97. The lowest BCUT2D eigenvalue weighted by atomic mass is 10.0. The van der Waals surface area contributed by atoms with Crippen LogP contribution in [0.4, 0.5) is 0 Å². The molecule has 4 rings (SSSR count). The van der Waals surface area contributed by atoms with Crippen molar-refractivity contribution in [1.29, 1.82) is 0 Å². The highest BCUT2D eigenvalue weighted by Crippen LogP contribution is 2.33. The van der Waals surface area contributed by atoms with Crippen LogP contribution >= 0.6 is 0 Å². The van der Waals surface area contributed by atoms with Crippen LogP contribution in [-0.4, -0.2) is 52.6 Å². The molecular weight excluding hydrogens is 282 g/mol. The minimum absolute atomic E-state index is 0.419. The summed E-state index contributed by atoms with van der Waals surface area (Å²) in [6.45, 7) is 3.60. The maximum absolute atomic E-state index is 10.4. The number of hydrogen-bond donors (Lipinski definition) is 1. The van der Waals surface area contributed by atoms with Crippen LogP contribution in [0.2, 0.25) is 0 Å². The number of fused-ring (bicyclic) bond motifs is 1. The largest absolute Gasteiger partial charge is 0.486 e. The number of aliphatic hydroxyl groups excluding tert-OH is 1. The fraction of sp³-hybridized carbons (Fsp3) is 0.438. The Morgan fingerprint density at radius 3 is 2.82 bits per heavy atom. The Balaban J connectivity index is 1.36. The summed E-state index contributed by atoms with van der Waals surface area (Å²) in [5.41, 5.74) is 0.867. The lowest BCUT2D eigenvalue weighted by Crippen LogP contribution is -2.49. The van der Waals surface area contributed by atoms with Gasteiger partial charge in [-0.25, -0.2) is 0 Å². The van der Waals surface area contributed by atoms with Gasteiger partial charge in [0.15, 0.2) is 11.5 Å². The Bertz CT molecular complexity index is 638. The maximum Gasteiger partial charge on any atom is 0.161 e. The number of β-amino-alcohol motifs (C(OH)–C–C–N with tert-alkyl or cyclic N) is 1. The summed E-state index contributed by atoms with van der Waals surface area (Å²) in [5.74, 6) is 1.48. The number of aromatic nitrogens is 2. The molecule has 1 saturated heterocycles. The monoisotopic (exact) mass is 301 g/mol. The second-order valence-electron chi connectivity index (χ2n) is 5.78. The maximum atomic E-state index is 10.4. The molecule has 0 radical (unpaired) electrons. The predicted octanol–water partition coefficient (Wildman–Crippen LogP) is 1.24. The molecule has 2 aromatic rings. The molecule has 1 N–H and O–H groups in total. The van der Waals surface area contributed by atoms with E-state index in [1.165, 1.54) is 0 Å². The van der Waals surface area contributed by atoms with Crippen molar-refractivity contribution in [2.75, 3.05) is 32.8 Å². The van der Waals surface area contributed by atoms with Crippen LogP contribution in [0.1, 0.15) is 17.7 Å². The topological polar surface area (TPSA) is 59.8 Å². The summed E-state index contributed by atoms with van der Waals surface area (Å²) in [6, 6.07) is 8.01. The van der Waals surface area contributed by atoms with Crippen LogP contribution < -0.4 is 9.47 Å². The Kier molecular flexibility index (Phi) is 3.48. The van der Waals surface area contributed by atoms with Gasteiger partial charge in [-0.05, 0) is 23.8 Å². The molecule has 0 saturated carbocycles. The van der Waals surface area contributed by atoms with E-state index in [4.69, 9.17) is 9.47 Å². The molecule has 22 heavy (non-hydrogen) atoms. The Labute approximate surface area is 128 Å². The number of aliphatic hydroxyl groups is 1. The number of benzene rings is 1. The van der Waals surface area contributed by atoms with E-state index >= 15 is 0 Å². The van der Waals surface area contributed by atoms with Crippen molar-refractivity contribution in [3.8, 4) is 11.5 Å². The summed E-state index contributed by atoms with van der Waals surface area (Å²) >= 11 is 0. The second-order valence-corrected chi connectivity index (χ2v) is 5.78. The highest BCUT2D eigenvalue weighted by atomic mass is 16.6. The zero-order valence-corrected chi connectivity index (χ0v) is 12.3. The van der Waals surface area contributed by atoms with Gasteiger partial charge in [0.2, 0.25) is 0 Å². The first-order valence-electron chi connectivity index (χ1n) is 7.59. The average Bonchev–Trinajstić information content (AvgIpc) is 3.03. The van der Waals surface area contributed by atoms with Gasteiger partial charge in [0.25, 0.3) is 0 Å². The van der Waals surface area contributed by atoms with Crippen molar-refractivity contribution < 1.29 is 14.6 Å². The molecule has 116 valence electrons. The van der Waals surface area contributed by atoms with E-state index in [2.05, 4.69) is 10.00 Å². The molecule has 6 nitrogen and oxygen atoms in total. The zero-order chi connectivity index (χ0) is 14.9. The normalized spacial score (nSPS) is 19.7. The summed E-state index contributed by atoms with van der Waals surface area (Å²) in [7, 11) is 0. The van der Waals surface area contributed by atoms with Crippen molar-refractivity contribution in [3.63, 3.8) is 0 Å². The van der Waals surface area contributed by atoms with Gasteiger partial charge in [-0.15, -0.1) is 0 Å². The molecule has 3 heterocycles. The molecule has 1 atom stereocenters. The van der Waals surface area contributed by atoms with E-state index in [9.17, 15) is 5.11 Å². The third kappa shape index (κ3) is 2.55. The Hall–Kier alpha value is -2.05. The minimum atomic E-state index is -0.519. The van der Waals surface area contributed by atoms with Gasteiger partial charge in [-0.3, -0.25) is 9.58 Å². The number of hydrogen-bond acceptors (Lipinski definition) is 5. The Morgan fingerprint density at radius 2 is 2.05 bits per heavy atom. The molecule has 6 heteroatoms. The number of rotatable bonds is 4. The molecule has 0 bridgehead atoms. The van der Waals surface area contributed by atoms with E-state index in [-0.39, 0.29) is 0 Å². The van der Waals surface area contributed by atoms with E-state index < -0.39 is 6.10 Å². The predicted molar refractivity (Wildman–Crippen MR) is 80.1 cm³/mol. The summed E-state index contributed by atoms with van der Waals surface area (Å²) in [5, 5.41) is 14.7. The van der Waals surface area contributed by atoms with Crippen LogP contribution in [0.25, 0.3) is 0 Å². The van der Waals surface area contributed by atoms with Gasteiger partial charge in [-0.1, -0.05) is 6.07 Å². The van der Waals surface area contributed by atoms with Crippen molar-refractivity contribution in [3.05, 3.63) is 42.2 Å². The Morgan fingerprint density at radius 1 is 1.23 bits per heavy atom. The lowest BCUT2D eigenvalue weighted by Gasteiger charge is -2.40. The van der Waals surface area contributed by atoms with Gasteiger partial charge in [0.1, 0.15) is 13.2 Å². The molecule has 2 aliphatic heterocycles. The SMILES string of the molecule is OC(CN1CC(n2cccn2)C1)c1ccc2c(c1)OCCO2. The van der Waals surface area contributed by atoms with E-state index in [0.29, 0.717) is 25.8 Å². The molecule has 1 unspecified atom stereocenters. The van der Waals surface area contributed by atoms with Crippen LogP contribution in [-0.2, 0) is 0 Å². The van der Waals surface area contributed by atoms with Crippen molar-refractivity contribution in [2.45, 2.75) is 12.1 Å². The zero-order valence-electron chi connectivity index (χ0n) is 12.3. The highest BCUT2D eigenvalue weighted by Gasteiger charge is 2.30. The number of nitrogens with zero attached hydrogens (tertiary/aromatic N) is 3. The molecular formula is C16H19N3O3. The van der Waals surface area contributed by atoms with Gasteiger partial charge in [0.05, 0.1) is 12.1 Å². The van der Waals surface area contributed by atoms with Gasteiger partial charge in [0, 0.05) is 32.0 Å². The second kappa shape index (κ2) is 5.62. The molecule has 1 fully saturated rings. The van der Waals surface area contributed by atoms with Crippen LogP contribution in [0.3, 0.4) is 0 Å². The molecule has 0 spiro atoms. The highest BCUT2D eigenvalue weighted by molar-refractivity contribution is 5.44. The minimum Gasteiger partial charge on any atom is -0.486 e. The number of likely N-dealkylation sites (tertiary alicyclic amines) is 1. The fourth-order valence-electron chi connectivity index (χ4n) is 2.97. The molecule has 1 aromatic heterocycles. The summed E-state index contributed by atoms with van der Waals surface area (Å²) in [4.78, 5) is 2.23. The average molecular weight is 301 g/mol. The lowest BCUT2D eigenvalue weighted by molar-refractivity contribution is 0.0399. The molecule has 1 aromatic carbocycles. The first-order valence-corrected chi connectivity index (χ1v) is 7.59. The number of ether oxygens (including phenoxy) is 2. The van der Waals surface area contributed by atoms with E-state index in [0.717, 1.165) is 30.2 Å². The molecule has 2 aliphatic rings. The quantitative estimate of drug-likeness (QED) is 0.921. The van der Waals surface area contributed by atoms with Gasteiger partial charge in [-0.2, -0.15) is 5.10 Å². The van der Waals surface area contributed by atoms with Crippen molar-refractivity contribution in [2.24, 2.45) is 0 Å². The smallest absolute Gasteiger partial charge is 0.161 e. The van der Waals surface area contributed by atoms with Crippen LogP contribution in [0, 0.1) is 0 Å². The first-order chi connectivity index (χ1) is 10.8. The van der Waals surface area contributed by atoms with Gasteiger partial charge < -0.3 is 14.6 Å². The van der Waals surface area contributed by atoms with Crippen LogP contribution in [0.5, 0.6) is 11.5 Å². The molecule has 0 aliphatic carbocycles. The van der Waals surface area contributed by atoms with Crippen molar-refractivity contribution in [1.82, 2.24) is 14.7 Å². The van der Waals surface area contributed by atoms with E-state index in [1.54, 1.807) is 6.20 Å².